The molecule has 2 aliphatic heterocycles. The molecule has 0 radical (unpaired) electrons. The van der Waals surface area contributed by atoms with Gasteiger partial charge < -0.3 is 4.74 Å². The number of nitriles is 1. The molecule has 3 aromatic heterocycles. The lowest BCUT2D eigenvalue weighted by Gasteiger charge is -2.34. The second-order valence-corrected chi connectivity index (χ2v) is 34.2. The van der Waals surface area contributed by atoms with Crippen LogP contribution < -0.4 is 4.90 Å². The number of imide groups is 2. The molecular formula is C82H79N5O5S6. The van der Waals surface area contributed by atoms with E-state index in [2.05, 4.69) is 149 Å². The van der Waals surface area contributed by atoms with Crippen LogP contribution in [0.25, 0.3) is 75.0 Å². The highest BCUT2D eigenvalue weighted by Crippen LogP contribution is 2.50. The van der Waals surface area contributed by atoms with Crippen LogP contribution in [0.3, 0.4) is 0 Å². The number of thioether (sulfide) groups is 2. The number of hydrogen-bond donors (Lipinski definition) is 0. The fourth-order valence-electron chi connectivity index (χ4n) is 13.9. The number of benzene rings is 9. The average Bonchev–Trinajstić information content (AvgIpc) is 1.15. The number of hydrogen-bond acceptors (Lipinski definition) is 14. The van der Waals surface area contributed by atoms with E-state index in [1.54, 1.807) is 46.2 Å². The number of amides is 4. The van der Waals surface area contributed by atoms with Gasteiger partial charge in [0.15, 0.2) is 0 Å². The van der Waals surface area contributed by atoms with Crippen molar-refractivity contribution in [1.29, 1.82) is 5.26 Å². The summed E-state index contributed by atoms with van der Waals surface area (Å²) in [7, 11) is 0. The highest BCUT2D eigenvalue weighted by atomic mass is 32.2. The summed E-state index contributed by atoms with van der Waals surface area (Å²) in [6, 6.07) is 53.5. The number of nitrogens with zero attached hydrogens (tertiary/aromatic N) is 5. The van der Waals surface area contributed by atoms with Gasteiger partial charge in [-0.3, -0.25) is 24.1 Å². The van der Waals surface area contributed by atoms with Crippen molar-refractivity contribution in [2.45, 2.75) is 145 Å². The molecule has 0 spiro atoms. The fourth-order valence-corrected chi connectivity index (χ4v) is 19.1. The first kappa shape index (κ1) is 69.9. The third kappa shape index (κ3) is 12.9. The number of rotatable bonds is 19. The molecule has 2 atom stereocenters. The summed E-state index contributed by atoms with van der Waals surface area (Å²) in [6.07, 6.45) is 3.49. The highest BCUT2D eigenvalue weighted by Gasteiger charge is 2.40. The van der Waals surface area contributed by atoms with Gasteiger partial charge in [-0.15, -0.1) is 34.4 Å². The molecule has 0 fully saturated rings. The first-order valence-corrected chi connectivity index (χ1v) is 37.3. The van der Waals surface area contributed by atoms with E-state index < -0.39 is 5.41 Å². The zero-order valence-electron chi connectivity index (χ0n) is 55.0. The summed E-state index contributed by atoms with van der Waals surface area (Å²) in [5, 5.41) is 18.7. The predicted molar refractivity (Wildman–Crippen MR) is 417 cm³/mol. The van der Waals surface area contributed by atoms with Crippen molar-refractivity contribution in [3.63, 3.8) is 0 Å². The second-order valence-electron chi connectivity index (χ2n) is 28.0. The lowest BCUT2D eigenvalue weighted by molar-refractivity contribution is 0.0597. The molecule has 2 unspecified atom stereocenters. The smallest absolute Gasteiger partial charge is 0.265 e. The number of carbonyl (C=O) groups excluding carboxylic acids is 4. The van der Waals surface area contributed by atoms with Crippen LogP contribution in [0.5, 0.6) is 0 Å². The van der Waals surface area contributed by atoms with E-state index >= 15 is 0 Å². The van der Waals surface area contributed by atoms with Crippen LogP contribution >= 0.6 is 70.1 Å². The molecule has 10 nitrogen and oxygen atoms in total. The highest BCUT2D eigenvalue weighted by molar-refractivity contribution is 8.47. The zero-order chi connectivity index (χ0) is 67.1. The van der Waals surface area contributed by atoms with Crippen molar-refractivity contribution < 1.29 is 23.9 Å². The number of anilines is 1. The van der Waals surface area contributed by atoms with E-state index in [4.69, 9.17) is 21.3 Å². The second kappa shape index (κ2) is 27.6. The third-order valence-corrected chi connectivity index (χ3v) is 24.4. The van der Waals surface area contributed by atoms with E-state index in [1.165, 1.54) is 26.4 Å². The fraction of sp³-hybridized carbons (Fsp3) is 0.293. The maximum atomic E-state index is 15.0. The molecule has 0 saturated carbocycles. The van der Waals surface area contributed by atoms with E-state index in [1.807, 2.05) is 80.6 Å². The summed E-state index contributed by atoms with van der Waals surface area (Å²) in [6.45, 7) is 19.8. The van der Waals surface area contributed by atoms with Crippen LogP contribution in [0.15, 0.2) is 157 Å². The van der Waals surface area contributed by atoms with E-state index in [-0.39, 0.29) is 67.0 Å². The number of fused-ring (bicyclic) bond motifs is 3. The van der Waals surface area contributed by atoms with E-state index in [0.717, 1.165) is 126 Å². The van der Waals surface area contributed by atoms with Gasteiger partial charge >= 0.3 is 0 Å². The van der Waals surface area contributed by atoms with Crippen molar-refractivity contribution in [3.05, 3.63) is 218 Å². The molecule has 498 valence electrons. The van der Waals surface area contributed by atoms with Crippen LogP contribution in [0, 0.1) is 16.7 Å². The summed E-state index contributed by atoms with van der Waals surface area (Å²) in [4.78, 5) is 65.9. The molecule has 0 N–H and O–H groups in total. The van der Waals surface area contributed by atoms with Crippen LogP contribution in [0.2, 0.25) is 0 Å². The van der Waals surface area contributed by atoms with Gasteiger partial charge in [-0.2, -0.15) is 14.0 Å². The Balaban J connectivity index is 0.00000457. The molecule has 4 amide bonds. The van der Waals surface area contributed by atoms with Gasteiger partial charge in [0.05, 0.1) is 48.7 Å². The van der Waals surface area contributed by atoms with Gasteiger partial charge in [0.25, 0.3) is 23.6 Å². The zero-order valence-corrected chi connectivity index (χ0v) is 59.9. The topological polar surface area (TPSA) is 134 Å². The Morgan fingerprint density at radius 3 is 1.70 bits per heavy atom. The van der Waals surface area contributed by atoms with Crippen LogP contribution in [0.4, 0.5) is 5.69 Å². The van der Waals surface area contributed by atoms with Crippen molar-refractivity contribution in [2.75, 3.05) is 10.7 Å². The molecule has 98 heavy (non-hydrogen) atoms. The number of thiocarbonyl (C=S) groups is 1. The van der Waals surface area contributed by atoms with Gasteiger partial charge in [-0.1, -0.05) is 197 Å². The Kier molecular flexibility index (Phi) is 19.7. The summed E-state index contributed by atoms with van der Waals surface area (Å²) >= 11 is 14.2. The maximum Gasteiger partial charge on any atom is 0.265 e. The van der Waals surface area contributed by atoms with Gasteiger partial charge in [0.1, 0.15) is 14.6 Å². The monoisotopic (exact) mass is 1410 g/mol. The lowest BCUT2D eigenvalue weighted by Crippen LogP contribution is -2.42. The summed E-state index contributed by atoms with van der Waals surface area (Å²) < 4.78 is 16.6. The Bertz CT molecular complexity index is 5020. The summed E-state index contributed by atoms with van der Waals surface area (Å²) in [5.41, 5.74) is 11.2. The number of thiophene rings is 2. The van der Waals surface area contributed by atoms with Crippen LogP contribution in [-0.4, -0.2) is 46.6 Å². The Morgan fingerprint density at radius 1 is 0.612 bits per heavy atom. The van der Waals surface area contributed by atoms with Gasteiger partial charge in [0, 0.05) is 64.0 Å². The average molecular weight is 1410 g/mol. The Hall–Kier alpha value is -7.98. The molecule has 0 aliphatic carbocycles. The van der Waals surface area contributed by atoms with Crippen molar-refractivity contribution in [1.82, 2.24) is 13.6 Å². The quantitative estimate of drug-likeness (QED) is 0.0252. The van der Waals surface area contributed by atoms with Gasteiger partial charge in [-0.25, -0.2) is 4.90 Å². The minimum atomic E-state index is -0.634. The van der Waals surface area contributed by atoms with E-state index in [9.17, 15) is 24.4 Å². The number of unbranched alkanes of at least 4 members (excludes halogenated alkanes) is 1. The minimum absolute atomic E-state index is 0. The molecular weight excluding hydrogens is 1330 g/mol. The molecule has 16 heteroatoms. The molecule has 9 aromatic carbocycles. The standard InChI is InChI=1S/C80H71N5O5S6.2CH4/c1-10-11-36-93-77(91)95-66(48-20-16-46(17-21-48)42-90-43-51-23-35-65(94-51)57-29-28-56(64-13-12-37-92-64)71-72(57)83-96-82-71)38-49(40-80(8,9)44-81)47-18-14-45(15-19-47)41-84-73(86)58-30-24-52-54-26-32-60-70-61(33-27-55(68(54)70)53-25-31-59(74(84)87)69(58)67(52)53)76(89)85(75(60)88)63-39-50(78(2,3)4)22-34-62(63)79(5,6)7;;/h12-35,37,39,49,66H,10-11,36,38,40-43H2,1-9H3;2*1H4. The van der Waals surface area contributed by atoms with Crippen LogP contribution in [-0.2, 0) is 35.3 Å². The Morgan fingerprint density at radius 2 is 1.16 bits per heavy atom. The first-order chi connectivity index (χ1) is 46.1. The predicted octanol–water partition coefficient (Wildman–Crippen LogP) is 23.1. The molecule has 14 rings (SSSR count). The van der Waals surface area contributed by atoms with Crippen molar-refractivity contribution in [2.24, 2.45) is 5.41 Å². The SMILES string of the molecule is C.C.CCCCSC(=S)SC(CC(CC(C)(C)C#N)c1ccc(CN2C(=O)c3ccc4c5ccc6c7c(ccc(c8ccc(c3c48)C2=O)c75)C(=O)N(c2cc(C(C)(C)C)ccc2C(C)(C)C)C6=O)cc1)c1ccc(COCc2ccc(-c3ccc(-c4cccs4)c4nsnc34)s2)cc1. The molecule has 5 heterocycles. The molecule has 12 aromatic rings. The number of aromatic nitrogens is 2. The lowest BCUT2D eigenvalue weighted by atomic mass is 9.78. The molecule has 0 bridgehead atoms. The van der Waals surface area contributed by atoms with Gasteiger partial charge in [-0.05, 0) is 175 Å². The molecule has 2 aliphatic rings. The normalized spacial score (nSPS) is 14.0. The summed E-state index contributed by atoms with van der Waals surface area (Å²) in [5.74, 6) is -0.582. The van der Waals surface area contributed by atoms with Crippen LogP contribution in [0.1, 0.15) is 194 Å². The Labute approximate surface area is 600 Å². The van der Waals surface area contributed by atoms with Crippen molar-refractivity contribution >= 4 is 157 Å². The minimum Gasteiger partial charge on any atom is -0.371 e. The number of ether oxygens (including phenoxy) is 1. The van der Waals surface area contributed by atoms with Gasteiger partial charge in [0.2, 0.25) is 0 Å². The molecule has 0 saturated heterocycles. The third-order valence-electron chi connectivity index (χ3n) is 18.9. The van der Waals surface area contributed by atoms with E-state index in [0.29, 0.717) is 58.3 Å². The van der Waals surface area contributed by atoms with Crippen molar-refractivity contribution in [3.8, 4) is 27.0 Å². The first-order valence-electron chi connectivity index (χ1n) is 32.6. The number of carbonyl (C=O) groups is 4. The largest absolute Gasteiger partial charge is 0.371 e. The maximum absolute atomic E-state index is 15.0.